The molecule has 0 saturated heterocycles. The molecule has 4 nitrogen and oxygen atoms in total. The zero-order valence-electron chi connectivity index (χ0n) is 17.7. The number of nitrogens with zero attached hydrogens (tertiary/aromatic N) is 2. The van der Waals surface area contributed by atoms with E-state index in [0.717, 1.165) is 40.2 Å². The predicted molar refractivity (Wildman–Crippen MR) is 131 cm³/mol. The molecule has 0 atom stereocenters. The summed E-state index contributed by atoms with van der Waals surface area (Å²) in [4.78, 5) is 19.0. The van der Waals surface area contributed by atoms with Gasteiger partial charge in [-0.15, -0.1) is 0 Å². The van der Waals surface area contributed by atoms with Crippen molar-refractivity contribution in [2.75, 3.05) is 6.61 Å². The number of benzene rings is 3. The Morgan fingerprint density at radius 3 is 2.22 bits per heavy atom. The highest BCUT2D eigenvalue weighted by Crippen LogP contribution is 2.32. The topological polar surface area (TPSA) is 43.6 Å². The number of fused-ring (bicyclic) bond motifs is 1. The number of hydrogen-bond acceptors (Lipinski definition) is 4. The van der Waals surface area contributed by atoms with Gasteiger partial charge in [-0.3, -0.25) is 4.79 Å². The minimum absolute atomic E-state index is 0.0511. The first-order valence-corrected chi connectivity index (χ1v) is 11.5. The minimum atomic E-state index is -0.0511. The summed E-state index contributed by atoms with van der Waals surface area (Å²) in [5.41, 5.74) is 4.53. The van der Waals surface area contributed by atoms with E-state index in [0.29, 0.717) is 16.1 Å². The van der Waals surface area contributed by atoms with Crippen LogP contribution in [0.25, 0.3) is 33.6 Å². The third-order valence-electron chi connectivity index (χ3n) is 5.21. The van der Waals surface area contributed by atoms with Crippen LogP contribution < -0.4 is 14.8 Å². The molecule has 0 spiro atoms. The Labute approximate surface area is 190 Å². The molecule has 3 aromatic carbocycles. The lowest BCUT2D eigenvalue weighted by Crippen LogP contribution is -2.23. The van der Waals surface area contributed by atoms with Gasteiger partial charge in [-0.05, 0) is 30.2 Å². The van der Waals surface area contributed by atoms with Crippen LogP contribution in [-0.4, -0.2) is 16.0 Å². The minimum Gasteiger partial charge on any atom is -0.494 e. The van der Waals surface area contributed by atoms with Gasteiger partial charge in [0.05, 0.1) is 22.5 Å². The zero-order valence-corrected chi connectivity index (χ0v) is 18.5. The Bertz CT molecular complexity index is 1450. The Kier molecular flexibility index (Phi) is 5.57. The molecule has 0 aliphatic carbocycles. The number of imidazole rings is 1. The number of aromatic nitrogens is 2. The number of hydrogen-bond donors (Lipinski definition) is 0. The second-order valence-electron chi connectivity index (χ2n) is 7.49. The summed E-state index contributed by atoms with van der Waals surface area (Å²) in [5.74, 6) is 0.839. The standard InChI is InChI=1S/C27H22N2O2S/c1-2-17-31-22-15-13-19(14-16-22)18-23-26(30)29-25(21-11-7-4-8-12-21)24(28-27(29)32-23)20-9-5-3-6-10-20/h3-16,18H,2,17H2,1H3/b23-18-. The SMILES string of the molecule is CCCOc1ccc(/C=c2\sc3nc(-c4ccccc4)c(-c4ccccc4)n3c2=O)cc1. The molecule has 158 valence electrons. The van der Waals surface area contributed by atoms with Gasteiger partial charge in [-0.1, -0.05) is 91.1 Å². The number of rotatable bonds is 6. The monoisotopic (exact) mass is 438 g/mol. The van der Waals surface area contributed by atoms with Crippen LogP contribution in [0.4, 0.5) is 0 Å². The Morgan fingerprint density at radius 2 is 1.56 bits per heavy atom. The van der Waals surface area contributed by atoms with Crippen molar-refractivity contribution in [1.29, 1.82) is 0 Å². The molecule has 0 fully saturated rings. The molecular formula is C27H22N2O2S. The van der Waals surface area contributed by atoms with Gasteiger partial charge in [0.25, 0.3) is 5.56 Å². The summed E-state index contributed by atoms with van der Waals surface area (Å²) in [5, 5.41) is 0. The van der Waals surface area contributed by atoms with E-state index in [9.17, 15) is 4.79 Å². The molecular weight excluding hydrogens is 416 g/mol. The lowest BCUT2D eigenvalue weighted by atomic mass is 10.1. The fourth-order valence-corrected chi connectivity index (χ4v) is 4.66. The van der Waals surface area contributed by atoms with E-state index in [1.807, 2.05) is 91.0 Å². The van der Waals surface area contributed by atoms with Crippen LogP contribution in [0.3, 0.4) is 0 Å². The first-order chi connectivity index (χ1) is 15.7. The van der Waals surface area contributed by atoms with E-state index in [-0.39, 0.29) is 5.56 Å². The van der Waals surface area contributed by atoms with Gasteiger partial charge in [0.15, 0.2) is 4.96 Å². The fraction of sp³-hybridized carbons (Fsp3) is 0.111. The molecule has 0 radical (unpaired) electrons. The van der Waals surface area contributed by atoms with Crippen molar-refractivity contribution in [3.05, 3.63) is 105 Å². The highest BCUT2D eigenvalue weighted by atomic mass is 32.1. The van der Waals surface area contributed by atoms with E-state index in [1.54, 1.807) is 4.40 Å². The van der Waals surface area contributed by atoms with Crippen LogP contribution in [-0.2, 0) is 0 Å². The molecule has 5 aromatic rings. The third-order valence-corrected chi connectivity index (χ3v) is 6.18. The summed E-state index contributed by atoms with van der Waals surface area (Å²) in [7, 11) is 0. The van der Waals surface area contributed by atoms with Crippen molar-refractivity contribution in [3.8, 4) is 28.3 Å². The molecule has 32 heavy (non-hydrogen) atoms. The molecule has 0 amide bonds. The molecule has 0 saturated carbocycles. The second kappa shape index (κ2) is 8.81. The van der Waals surface area contributed by atoms with Gasteiger partial charge < -0.3 is 4.74 Å². The summed E-state index contributed by atoms with van der Waals surface area (Å²) >= 11 is 1.41. The molecule has 5 rings (SSSR count). The number of thiazole rings is 1. The molecule has 0 aliphatic heterocycles. The van der Waals surface area contributed by atoms with Gasteiger partial charge in [0.2, 0.25) is 0 Å². The van der Waals surface area contributed by atoms with E-state index < -0.39 is 0 Å². The van der Waals surface area contributed by atoms with E-state index in [1.165, 1.54) is 11.3 Å². The van der Waals surface area contributed by atoms with Crippen molar-refractivity contribution >= 4 is 22.4 Å². The smallest absolute Gasteiger partial charge is 0.274 e. The van der Waals surface area contributed by atoms with Gasteiger partial charge in [0.1, 0.15) is 5.75 Å². The molecule has 0 aliphatic rings. The van der Waals surface area contributed by atoms with Crippen LogP contribution in [0.5, 0.6) is 5.75 Å². The summed E-state index contributed by atoms with van der Waals surface area (Å²) in [6.07, 6.45) is 2.89. The first kappa shape index (κ1) is 20.2. The van der Waals surface area contributed by atoms with Crippen molar-refractivity contribution in [1.82, 2.24) is 9.38 Å². The Hall–Kier alpha value is -3.70. The maximum absolute atomic E-state index is 13.5. The van der Waals surface area contributed by atoms with Crippen molar-refractivity contribution in [2.45, 2.75) is 13.3 Å². The molecule has 5 heteroatoms. The van der Waals surface area contributed by atoms with Crippen molar-refractivity contribution in [2.24, 2.45) is 0 Å². The predicted octanol–water partition coefficient (Wildman–Crippen LogP) is 5.43. The van der Waals surface area contributed by atoms with Gasteiger partial charge >= 0.3 is 0 Å². The van der Waals surface area contributed by atoms with Crippen LogP contribution in [0, 0.1) is 0 Å². The first-order valence-electron chi connectivity index (χ1n) is 10.7. The van der Waals surface area contributed by atoms with Gasteiger partial charge in [-0.2, -0.15) is 0 Å². The second-order valence-corrected chi connectivity index (χ2v) is 8.50. The van der Waals surface area contributed by atoms with E-state index in [2.05, 4.69) is 6.92 Å². The Balaban J connectivity index is 1.65. The summed E-state index contributed by atoms with van der Waals surface area (Å²) in [6.45, 7) is 2.78. The van der Waals surface area contributed by atoms with Crippen LogP contribution in [0.15, 0.2) is 89.7 Å². The lowest BCUT2D eigenvalue weighted by Gasteiger charge is -2.04. The molecule has 2 aromatic heterocycles. The highest BCUT2D eigenvalue weighted by molar-refractivity contribution is 7.15. The lowest BCUT2D eigenvalue weighted by molar-refractivity contribution is 0.317. The van der Waals surface area contributed by atoms with E-state index in [4.69, 9.17) is 9.72 Å². The third kappa shape index (κ3) is 3.83. The molecule has 0 unspecified atom stereocenters. The summed E-state index contributed by atoms with van der Waals surface area (Å²) < 4.78 is 8.05. The Morgan fingerprint density at radius 1 is 0.906 bits per heavy atom. The van der Waals surface area contributed by atoms with Gasteiger partial charge in [0, 0.05) is 11.1 Å². The van der Waals surface area contributed by atoms with E-state index >= 15 is 0 Å². The zero-order chi connectivity index (χ0) is 21.9. The highest BCUT2D eigenvalue weighted by Gasteiger charge is 2.19. The summed E-state index contributed by atoms with van der Waals surface area (Å²) in [6, 6.07) is 27.8. The maximum Gasteiger partial charge on any atom is 0.274 e. The average Bonchev–Trinajstić information content (AvgIpc) is 3.36. The quantitative estimate of drug-likeness (QED) is 0.355. The van der Waals surface area contributed by atoms with Gasteiger partial charge in [-0.25, -0.2) is 9.38 Å². The average molecular weight is 439 g/mol. The normalized spacial score (nSPS) is 11.8. The van der Waals surface area contributed by atoms with Crippen molar-refractivity contribution < 1.29 is 4.74 Å². The van der Waals surface area contributed by atoms with Crippen LogP contribution in [0.1, 0.15) is 18.9 Å². The fourth-order valence-electron chi connectivity index (χ4n) is 3.69. The molecule has 2 heterocycles. The molecule has 0 bridgehead atoms. The maximum atomic E-state index is 13.5. The van der Waals surface area contributed by atoms with Crippen molar-refractivity contribution in [3.63, 3.8) is 0 Å². The van der Waals surface area contributed by atoms with Crippen LogP contribution >= 0.6 is 11.3 Å². The van der Waals surface area contributed by atoms with Crippen LogP contribution in [0.2, 0.25) is 0 Å². The largest absolute Gasteiger partial charge is 0.494 e. The number of ether oxygens (including phenoxy) is 1. The molecule has 0 N–H and O–H groups in total.